The van der Waals surface area contributed by atoms with E-state index in [1.54, 1.807) is 11.8 Å². The lowest BCUT2D eigenvalue weighted by Crippen LogP contribution is -2.36. The number of nitrogens with one attached hydrogen (secondary N) is 1. The largest absolute Gasteiger partial charge is 0.388 e. The third-order valence-electron chi connectivity index (χ3n) is 3.88. The molecule has 7 heteroatoms. The highest BCUT2D eigenvalue weighted by Gasteiger charge is 2.40. The first-order valence-electron chi connectivity index (χ1n) is 6.59. The Hall–Kier alpha value is -1.89. The van der Waals surface area contributed by atoms with Gasteiger partial charge in [0.1, 0.15) is 0 Å². The number of aromatic nitrogens is 2. The van der Waals surface area contributed by atoms with Crippen molar-refractivity contribution in [3.63, 3.8) is 0 Å². The predicted octanol–water partition coefficient (Wildman–Crippen LogP) is -0.844. The molecule has 0 radical (unpaired) electrons. The van der Waals surface area contributed by atoms with Crippen molar-refractivity contribution in [1.82, 2.24) is 14.5 Å². The molecule has 0 bridgehead atoms. The second kappa shape index (κ2) is 5.24. The Kier molecular flexibility index (Phi) is 3.80. The molecule has 1 aliphatic heterocycles. The van der Waals surface area contributed by atoms with Gasteiger partial charge in [0, 0.05) is 44.2 Å². The number of carbonyl (C=O) groups excluding carboxylic acids is 1. The molecule has 1 aliphatic rings. The van der Waals surface area contributed by atoms with Crippen molar-refractivity contribution in [1.29, 1.82) is 0 Å². The maximum Gasteiger partial charge on any atom is 0.328 e. The van der Waals surface area contributed by atoms with Gasteiger partial charge in [-0.15, -0.1) is 0 Å². The zero-order valence-electron chi connectivity index (χ0n) is 11.6. The number of aromatic amines is 1. The zero-order valence-corrected chi connectivity index (χ0v) is 11.6. The second-order valence-electron chi connectivity index (χ2n) is 5.59. The molecule has 2 heterocycles. The summed E-state index contributed by atoms with van der Waals surface area (Å²) in [5, 5.41) is 10.1. The van der Waals surface area contributed by atoms with E-state index in [0.29, 0.717) is 13.1 Å². The lowest BCUT2D eigenvalue weighted by atomic mass is 9.95. The third kappa shape index (κ3) is 2.98. The molecule has 20 heavy (non-hydrogen) atoms. The van der Waals surface area contributed by atoms with E-state index in [2.05, 4.69) is 4.98 Å². The Morgan fingerprint density at radius 1 is 1.55 bits per heavy atom. The van der Waals surface area contributed by atoms with E-state index < -0.39 is 16.9 Å². The van der Waals surface area contributed by atoms with Crippen LogP contribution in [0.15, 0.2) is 21.9 Å². The molecule has 1 aromatic rings. The average Bonchev–Trinajstić information content (AvgIpc) is 2.62. The molecule has 2 N–H and O–H groups in total. The van der Waals surface area contributed by atoms with Crippen LogP contribution in [0.3, 0.4) is 0 Å². The monoisotopic (exact) mass is 281 g/mol. The lowest BCUT2D eigenvalue weighted by molar-refractivity contribution is -0.131. The average molecular weight is 281 g/mol. The number of aliphatic hydroxyl groups is 1. The van der Waals surface area contributed by atoms with Gasteiger partial charge < -0.3 is 14.6 Å². The van der Waals surface area contributed by atoms with Gasteiger partial charge in [0.05, 0.1) is 5.60 Å². The first kappa shape index (κ1) is 14.5. The van der Waals surface area contributed by atoms with Crippen LogP contribution in [0.5, 0.6) is 0 Å². The summed E-state index contributed by atoms with van der Waals surface area (Å²) in [6, 6.07) is 1.24. The summed E-state index contributed by atoms with van der Waals surface area (Å²) < 4.78 is 1.29. The summed E-state index contributed by atoms with van der Waals surface area (Å²) in [6.45, 7) is 4.67. The number of H-pyrrole nitrogens is 1. The van der Waals surface area contributed by atoms with Crippen molar-refractivity contribution >= 4 is 5.91 Å². The maximum atomic E-state index is 12.1. The Morgan fingerprint density at radius 2 is 2.25 bits per heavy atom. The number of rotatable bonds is 3. The van der Waals surface area contributed by atoms with Gasteiger partial charge in [-0.25, -0.2) is 4.79 Å². The molecule has 1 saturated heterocycles. The second-order valence-corrected chi connectivity index (χ2v) is 5.59. The summed E-state index contributed by atoms with van der Waals surface area (Å²) in [6.07, 6.45) is 1.53. The summed E-state index contributed by atoms with van der Waals surface area (Å²) in [4.78, 5) is 38.2. The molecule has 1 aromatic heterocycles. The van der Waals surface area contributed by atoms with Crippen LogP contribution in [-0.4, -0.2) is 44.2 Å². The van der Waals surface area contributed by atoms with Crippen molar-refractivity contribution in [3.8, 4) is 0 Å². The molecular formula is C13H19N3O4. The summed E-state index contributed by atoms with van der Waals surface area (Å²) in [5.74, 6) is -0.0741. The van der Waals surface area contributed by atoms with Crippen molar-refractivity contribution in [2.45, 2.75) is 32.4 Å². The van der Waals surface area contributed by atoms with Gasteiger partial charge in [0.25, 0.3) is 5.56 Å². The van der Waals surface area contributed by atoms with Gasteiger partial charge in [-0.3, -0.25) is 14.6 Å². The predicted molar refractivity (Wildman–Crippen MR) is 72.3 cm³/mol. The number of amides is 1. The number of β-amino-alcohol motifs (C(OH)–C–C–N with tert-alkyl or cyclic N) is 1. The highest BCUT2D eigenvalue weighted by atomic mass is 16.3. The highest BCUT2D eigenvalue weighted by Crippen LogP contribution is 2.27. The molecular weight excluding hydrogens is 262 g/mol. The van der Waals surface area contributed by atoms with Crippen LogP contribution in [0.4, 0.5) is 0 Å². The maximum absolute atomic E-state index is 12.1. The fourth-order valence-corrected chi connectivity index (χ4v) is 2.32. The molecule has 0 aromatic carbocycles. The summed E-state index contributed by atoms with van der Waals surface area (Å²) in [7, 11) is 0. The normalized spacial score (nSPS) is 25.9. The fraction of sp³-hybridized carbons (Fsp3) is 0.615. The molecule has 0 aliphatic carbocycles. The molecule has 2 rings (SSSR count). The van der Waals surface area contributed by atoms with Crippen molar-refractivity contribution in [3.05, 3.63) is 33.1 Å². The van der Waals surface area contributed by atoms with Crippen LogP contribution in [0, 0.1) is 5.92 Å². The van der Waals surface area contributed by atoms with Crippen LogP contribution in [0.1, 0.15) is 20.3 Å². The molecule has 110 valence electrons. The summed E-state index contributed by atoms with van der Waals surface area (Å²) >= 11 is 0. The molecule has 0 spiro atoms. The van der Waals surface area contributed by atoms with E-state index in [1.165, 1.54) is 16.8 Å². The molecule has 7 nitrogen and oxygen atoms in total. The number of aryl methyl sites for hydroxylation is 1. The van der Waals surface area contributed by atoms with Gasteiger partial charge in [0.2, 0.25) is 5.91 Å². The molecule has 2 atom stereocenters. The quantitative estimate of drug-likeness (QED) is 0.755. The van der Waals surface area contributed by atoms with Crippen LogP contribution in [-0.2, 0) is 11.3 Å². The van der Waals surface area contributed by atoms with Crippen molar-refractivity contribution < 1.29 is 9.90 Å². The van der Waals surface area contributed by atoms with Gasteiger partial charge in [0.15, 0.2) is 0 Å². The molecule has 0 saturated carbocycles. The number of hydrogen-bond acceptors (Lipinski definition) is 4. The molecule has 0 unspecified atom stereocenters. The highest BCUT2D eigenvalue weighted by molar-refractivity contribution is 5.76. The van der Waals surface area contributed by atoms with Gasteiger partial charge in [-0.05, 0) is 6.92 Å². The number of carbonyl (C=O) groups is 1. The van der Waals surface area contributed by atoms with E-state index >= 15 is 0 Å². The van der Waals surface area contributed by atoms with Gasteiger partial charge in [-0.2, -0.15) is 0 Å². The minimum atomic E-state index is -0.857. The van der Waals surface area contributed by atoms with Crippen molar-refractivity contribution in [2.24, 2.45) is 5.92 Å². The van der Waals surface area contributed by atoms with E-state index in [1.807, 2.05) is 6.92 Å². The Morgan fingerprint density at radius 3 is 2.80 bits per heavy atom. The zero-order chi connectivity index (χ0) is 14.9. The van der Waals surface area contributed by atoms with E-state index in [9.17, 15) is 19.5 Å². The van der Waals surface area contributed by atoms with Gasteiger partial charge >= 0.3 is 5.69 Å². The van der Waals surface area contributed by atoms with E-state index in [0.717, 1.165) is 0 Å². The van der Waals surface area contributed by atoms with Crippen LogP contribution in [0.25, 0.3) is 0 Å². The fourth-order valence-electron chi connectivity index (χ4n) is 2.32. The third-order valence-corrected chi connectivity index (χ3v) is 3.88. The topological polar surface area (TPSA) is 95.4 Å². The first-order chi connectivity index (χ1) is 9.29. The van der Waals surface area contributed by atoms with E-state index in [4.69, 9.17) is 0 Å². The molecule has 1 fully saturated rings. The Balaban J connectivity index is 1.96. The van der Waals surface area contributed by atoms with Crippen LogP contribution < -0.4 is 11.2 Å². The van der Waals surface area contributed by atoms with Gasteiger partial charge in [-0.1, -0.05) is 6.92 Å². The SMILES string of the molecule is C[C@H]1CN(C(=O)CCn2ccc(=O)[nH]c2=O)C[C@@]1(C)O. The molecule has 1 amide bonds. The minimum Gasteiger partial charge on any atom is -0.388 e. The van der Waals surface area contributed by atoms with E-state index in [-0.39, 0.29) is 24.8 Å². The standard InChI is InChI=1S/C13H19N3O4/c1-9-7-16(8-13(9,2)20)11(18)4-6-15-5-3-10(17)14-12(15)19/h3,5,9,20H,4,6-8H2,1-2H3,(H,14,17,19)/t9-,13+/m0/s1. The summed E-state index contributed by atoms with van der Waals surface area (Å²) in [5.41, 5.74) is -1.83. The smallest absolute Gasteiger partial charge is 0.328 e. The van der Waals surface area contributed by atoms with Crippen molar-refractivity contribution in [2.75, 3.05) is 13.1 Å². The number of hydrogen-bond donors (Lipinski definition) is 2. The van der Waals surface area contributed by atoms with Crippen LogP contribution >= 0.6 is 0 Å². The lowest BCUT2D eigenvalue weighted by Gasteiger charge is -2.20. The van der Waals surface area contributed by atoms with Crippen LogP contribution in [0.2, 0.25) is 0 Å². The Labute approximate surface area is 115 Å². The first-order valence-corrected chi connectivity index (χ1v) is 6.59. The number of likely N-dealkylation sites (tertiary alicyclic amines) is 1. The Bertz CT molecular complexity index is 617. The number of nitrogens with zero attached hydrogens (tertiary/aromatic N) is 2. The minimum absolute atomic E-state index is 0.0299.